The fraction of sp³-hybridized carbons (Fsp3) is 0.200. The summed E-state index contributed by atoms with van der Waals surface area (Å²) in [7, 11) is 4.62. The summed E-state index contributed by atoms with van der Waals surface area (Å²) in [5.74, 6) is 1.71. The van der Waals surface area contributed by atoms with Crippen LogP contribution in [0.2, 0.25) is 10.0 Å². The highest BCUT2D eigenvalue weighted by Crippen LogP contribution is 2.36. The van der Waals surface area contributed by atoms with Gasteiger partial charge in [-0.1, -0.05) is 41.4 Å². The van der Waals surface area contributed by atoms with Crippen LogP contribution in [0, 0.1) is 0 Å². The molecule has 0 aliphatic heterocycles. The van der Waals surface area contributed by atoms with E-state index in [-0.39, 0.29) is 12.3 Å². The molecule has 0 aliphatic carbocycles. The Hall–Kier alpha value is -3.42. The van der Waals surface area contributed by atoms with Crippen molar-refractivity contribution >= 4 is 35.3 Å². The molecule has 0 unspecified atom stereocenters. The molecule has 0 aromatic heterocycles. The molecule has 1 N–H and O–H groups in total. The van der Waals surface area contributed by atoms with Crippen LogP contribution < -0.4 is 24.4 Å². The van der Waals surface area contributed by atoms with E-state index in [1.165, 1.54) is 13.3 Å². The maximum absolute atomic E-state index is 12.3. The molecule has 3 aromatic rings. The summed E-state index contributed by atoms with van der Waals surface area (Å²) in [4.78, 5) is 12.3. The van der Waals surface area contributed by atoms with Crippen molar-refractivity contribution in [2.75, 3.05) is 21.3 Å². The molecule has 0 spiro atoms. The van der Waals surface area contributed by atoms with Gasteiger partial charge in [-0.3, -0.25) is 4.79 Å². The number of rotatable bonds is 10. The number of hydrazone groups is 1. The molecule has 0 atom stereocenters. The highest BCUT2D eigenvalue weighted by Gasteiger charge is 2.12. The molecule has 1 amide bonds. The minimum absolute atomic E-state index is 0.124. The van der Waals surface area contributed by atoms with Crippen molar-refractivity contribution in [1.82, 2.24) is 5.43 Å². The normalized spacial score (nSPS) is 10.7. The number of methoxy groups -OCH3 is 3. The Kier molecular flexibility index (Phi) is 9.01. The van der Waals surface area contributed by atoms with Gasteiger partial charge in [0.15, 0.2) is 23.0 Å². The SMILES string of the molecule is COc1ccc(CC(=O)N/N=C/c2cc(Cl)c(OCc3ccc(Cl)cc3)c(OC)c2)cc1OC. The first-order valence-electron chi connectivity index (χ1n) is 10.2. The zero-order chi connectivity index (χ0) is 24.5. The Morgan fingerprint density at radius 3 is 2.24 bits per heavy atom. The van der Waals surface area contributed by atoms with Crippen LogP contribution in [0.5, 0.6) is 23.0 Å². The molecule has 0 radical (unpaired) electrons. The summed E-state index contributed by atoms with van der Waals surface area (Å²) in [5.41, 5.74) is 4.83. The summed E-state index contributed by atoms with van der Waals surface area (Å²) in [6.07, 6.45) is 1.60. The number of amides is 1. The molecule has 3 rings (SSSR count). The van der Waals surface area contributed by atoms with Gasteiger partial charge in [0, 0.05) is 5.02 Å². The maximum Gasteiger partial charge on any atom is 0.244 e. The fourth-order valence-electron chi connectivity index (χ4n) is 3.08. The number of nitrogens with zero attached hydrogens (tertiary/aromatic N) is 1. The molecule has 0 fully saturated rings. The van der Waals surface area contributed by atoms with Crippen molar-refractivity contribution in [3.63, 3.8) is 0 Å². The van der Waals surface area contributed by atoms with Gasteiger partial charge in [-0.25, -0.2) is 5.43 Å². The van der Waals surface area contributed by atoms with Gasteiger partial charge in [0.05, 0.1) is 39.0 Å². The van der Waals surface area contributed by atoms with Crippen LogP contribution in [-0.2, 0) is 17.8 Å². The number of carbonyl (C=O) groups is 1. The van der Waals surface area contributed by atoms with Crippen molar-refractivity contribution in [3.8, 4) is 23.0 Å². The lowest BCUT2D eigenvalue weighted by atomic mass is 10.1. The Morgan fingerprint density at radius 1 is 0.882 bits per heavy atom. The molecular weight excluding hydrogens is 479 g/mol. The van der Waals surface area contributed by atoms with Crippen molar-refractivity contribution < 1.29 is 23.7 Å². The van der Waals surface area contributed by atoms with E-state index in [2.05, 4.69) is 10.5 Å². The molecule has 0 saturated heterocycles. The molecule has 0 heterocycles. The Balaban J connectivity index is 1.62. The van der Waals surface area contributed by atoms with E-state index in [1.807, 2.05) is 12.1 Å². The summed E-state index contributed by atoms with van der Waals surface area (Å²) in [6.45, 7) is 0.299. The third-order valence-corrected chi connectivity index (χ3v) is 5.30. The number of nitrogens with one attached hydrogen (secondary N) is 1. The van der Waals surface area contributed by atoms with Crippen LogP contribution in [0.1, 0.15) is 16.7 Å². The largest absolute Gasteiger partial charge is 0.493 e. The second-order valence-corrected chi connectivity index (χ2v) is 7.95. The van der Waals surface area contributed by atoms with Crippen molar-refractivity contribution in [2.24, 2.45) is 5.10 Å². The summed E-state index contributed by atoms with van der Waals surface area (Å²) < 4.78 is 21.7. The molecule has 34 heavy (non-hydrogen) atoms. The molecule has 0 saturated carbocycles. The van der Waals surface area contributed by atoms with E-state index >= 15 is 0 Å². The van der Waals surface area contributed by atoms with Gasteiger partial charge in [0.2, 0.25) is 5.91 Å². The van der Waals surface area contributed by atoms with E-state index < -0.39 is 0 Å². The number of hydrogen-bond donors (Lipinski definition) is 1. The lowest BCUT2D eigenvalue weighted by Crippen LogP contribution is -2.19. The molecule has 7 nitrogen and oxygen atoms in total. The average Bonchev–Trinajstić information content (AvgIpc) is 2.84. The minimum atomic E-state index is -0.288. The van der Waals surface area contributed by atoms with Crippen LogP contribution in [0.15, 0.2) is 59.7 Å². The van der Waals surface area contributed by atoms with E-state index in [4.69, 9.17) is 42.1 Å². The molecular formula is C25H24Cl2N2O5. The van der Waals surface area contributed by atoms with Crippen LogP contribution in [0.25, 0.3) is 0 Å². The maximum atomic E-state index is 12.3. The first-order chi connectivity index (χ1) is 16.4. The highest BCUT2D eigenvalue weighted by atomic mass is 35.5. The van der Waals surface area contributed by atoms with E-state index in [0.717, 1.165) is 11.1 Å². The molecule has 9 heteroatoms. The molecule has 3 aromatic carbocycles. The van der Waals surface area contributed by atoms with Gasteiger partial charge in [0.1, 0.15) is 6.61 Å². The molecule has 178 valence electrons. The van der Waals surface area contributed by atoms with Crippen LogP contribution >= 0.6 is 23.2 Å². The fourth-order valence-corrected chi connectivity index (χ4v) is 3.48. The zero-order valence-electron chi connectivity index (χ0n) is 18.9. The summed E-state index contributed by atoms with van der Waals surface area (Å²) in [6, 6.07) is 16.0. The van der Waals surface area contributed by atoms with Gasteiger partial charge < -0.3 is 18.9 Å². The van der Waals surface area contributed by atoms with Gasteiger partial charge in [-0.2, -0.15) is 5.10 Å². The van der Waals surface area contributed by atoms with Gasteiger partial charge >= 0.3 is 0 Å². The second-order valence-electron chi connectivity index (χ2n) is 7.11. The highest BCUT2D eigenvalue weighted by molar-refractivity contribution is 6.32. The van der Waals surface area contributed by atoms with E-state index in [9.17, 15) is 4.79 Å². The third-order valence-electron chi connectivity index (χ3n) is 4.76. The zero-order valence-corrected chi connectivity index (χ0v) is 20.4. The quantitative estimate of drug-likeness (QED) is 0.301. The number of hydrogen-bond acceptors (Lipinski definition) is 6. The van der Waals surface area contributed by atoms with Gasteiger partial charge in [-0.05, 0) is 53.1 Å². The van der Waals surface area contributed by atoms with Gasteiger partial charge in [0.25, 0.3) is 0 Å². The Morgan fingerprint density at radius 2 is 1.56 bits per heavy atom. The van der Waals surface area contributed by atoms with Crippen LogP contribution in [0.4, 0.5) is 0 Å². The number of ether oxygens (including phenoxy) is 4. The Labute approximate surface area is 208 Å². The van der Waals surface area contributed by atoms with Crippen molar-refractivity contribution in [3.05, 3.63) is 81.3 Å². The van der Waals surface area contributed by atoms with E-state index in [1.54, 1.807) is 56.7 Å². The third kappa shape index (κ3) is 6.79. The topological polar surface area (TPSA) is 78.4 Å². The van der Waals surface area contributed by atoms with Crippen LogP contribution in [-0.4, -0.2) is 33.5 Å². The van der Waals surface area contributed by atoms with Crippen molar-refractivity contribution in [1.29, 1.82) is 0 Å². The number of halogens is 2. The average molecular weight is 503 g/mol. The monoisotopic (exact) mass is 502 g/mol. The van der Waals surface area contributed by atoms with E-state index in [0.29, 0.717) is 45.2 Å². The lowest BCUT2D eigenvalue weighted by Gasteiger charge is -2.13. The number of carbonyl (C=O) groups excluding carboxylic acids is 1. The molecule has 0 bridgehead atoms. The minimum Gasteiger partial charge on any atom is -0.493 e. The first kappa shape index (κ1) is 25.2. The molecule has 0 aliphatic rings. The predicted molar refractivity (Wildman–Crippen MR) is 133 cm³/mol. The van der Waals surface area contributed by atoms with Crippen LogP contribution in [0.3, 0.4) is 0 Å². The first-order valence-corrected chi connectivity index (χ1v) is 11.0. The van der Waals surface area contributed by atoms with Crippen molar-refractivity contribution in [2.45, 2.75) is 13.0 Å². The lowest BCUT2D eigenvalue weighted by molar-refractivity contribution is -0.120. The van der Waals surface area contributed by atoms with Gasteiger partial charge in [-0.15, -0.1) is 0 Å². The smallest absolute Gasteiger partial charge is 0.244 e. The Bertz CT molecular complexity index is 1170. The standard InChI is InChI=1S/C25H24Cl2N2O5/c1-31-21-9-6-17(11-22(21)32-2)13-24(30)29-28-14-18-10-20(27)25(23(12-18)33-3)34-15-16-4-7-19(26)8-5-16/h4-12,14H,13,15H2,1-3H3,(H,29,30)/b28-14+. The summed E-state index contributed by atoms with van der Waals surface area (Å²) >= 11 is 12.3. The summed E-state index contributed by atoms with van der Waals surface area (Å²) in [5, 5.41) is 5.02. The number of benzene rings is 3. The second kappa shape index (κ2) is 12.2. The predicted octanol–water partition coefficient (Wildman–Crippen LogP) is 5.29.